The lowest BCUT2D eigenvalue weighted by atomic mass is 10.00. The number of aromatic nitrogens is 1. The summed E-state index contributed by atoms with van der Waals surface area (Å²) < 4.78 is 31.6. The van der Waals surface area contributed by atoms with Gasteiger partial charge in [-0.3, -0.25) is 0 Å². The number of nitrogens with zero attached hydrogens (tertiary/aromatic N) is 4. The van der Waals surface area contributed by atoms with Gasteiger partial charge in [-0.25, -0.2) is 13.4 Å². The molecule has 1 saturated heterocycles. The lowest BCUT2D eigenvalue weighted by Gasteiger charge is -2.35. The number of aliphatic imine (C=N–C) groups is 1. The summed E-state index contributed by atoms with van der Waals surface area (Å²) in [6.45, 7) is 11.8. The van der Waals surface area contributed by atoms with E-state index in [1.165, 1.54) is 32.8 Å². The Bertz CT molecular complexity index is 961. The number of aryl methyl sites for hydroxylation is 3. The zero-order valence-corrected chi connectivity index (χ0v) is 21.7. The quantitative estimate of drug-likeness (QED) is 0.332. The standard InChI is InChI=1S/C21H31N5O3S.HI/c1-5-22-21(23-14-20-17(3)12-16(2)13-18(20)4)25-7-9-26(10-8-25)30(27,28)15-19-6-11-29-24-19;/h6,11-13H,5,7-10,14-15H2,1-4H3,(H,22,23);1H. The number of halogens is 1. The largest absolute Gasteiger partial charge is 0.364 e. The lowest BCUT2D eigenvalue weighted by molar-refractivity contribution is 0.259. The predicted octanol–water partition coefficient (Wildman–Crippen LogP) is 2.83. The normalized spacial score (nSPS) is 15.6. The number of benzene rings is 1. The van der Waals surface area contributed by atoms with E-state index in [1.54, 1.807) is 6.07 Å². The first-order chi connectivity index (χ1) is 14.3. The van der Waals surface area contributed by atoms with Crippen LogP contribution in [0.2, 0.25) is 0 Å². The third-order valence-corrected chi connectivity index (χ3v) is 7.13. The van der Waals surface area contributed by atoms with Gasteiger partial charge < -0.3 is 14.7 Å². The predicted molar refractivity (Wildman–Crippen MR) is 133 cm³/mol. The van der Waals surface area contributed by atoms with Crippen molar-refractivity contribution in [2.45, 2.75) is 40.0 Å². The molecule has 2 aromatic rings. The number of sulfonamides is 1. The Hall–Kier alpha value is -1.66. The fraction of sp³-hybridized carbons (Fsp3) is 0.524. The van der Waals surface area contributed by atoms with E-state index in [4.69, 9.17) is 9.52 Å². The molecule has 2 heterocycles. The van der Waals surface area contributed by atoms with E-state index < -0.39 is 10.0 Å². The summed E-state index contributed by atoms with van der Waals surface area (Å²) >= 11 is 0. The fourth-order valence-corrected chi connectivity index (χ4v) is 5.23. The molecule has 0 radical (unpaired) electrons. The van der Waals surface area contributed by atoms with Crippen LogP contribution < -0.4 is 5.32 Å². The average molecular weight is 561 g/mol. The van der Waals surface area contributed by atoms with Crippen LogP contribution in [0.5, 0.6) is 0 Å². The van der Waals surface area contributed by atoms with Crippen molar-refractivity contribution >= 4 is 40.0 Å². The van der Waals surface area contributed by atoms with Crippen molar-refractivity contribution in [2.75, 3.05) is 32.7 Å². The van der Waals surface area contributed by atoms with E-state index >= 15 is 0 Å². The van der Waals surface area contributed by atoms with Crippen LogP contribution in [0.4, 0.5) is 0 Å². The molecule has 1 aliphatic heterocycles. The maximum absolute atomic E-state index is 12.6. The molecule has 31 heavy (non-hydrogen) atoms. The molecule has 0 aliphatic carbocycles. The van der Waals surface area contributed by atoms with Gasteiger partial charge in [0.25, 0.3) is 0 Å². The van der Waals surface area contributed by atoms with E-state index in [-0.39, 0.29) is 29.7 Å². The van der Waals surface area contributed by atoms with Crippen LogP contribution in [0.3, 0.4) is 0 Å². The molecular weight excluding hydrogens is 529 g/mol. The molecule has 3 rings (SSSR count). The van der Waals surface area contributed by atoms with E-state index in [0.717, 1.165) is 12.5 Å². The molecular formula is C21H32IN5O3S. The third-order valence-electron chi connectivity index (χ3n) is 5.32. The molecule has 0 spiro atoms. The van der Waals surface area contributed by atoms with Gasteiger partial charge in [0.1, 0.15) is 12.0 Å². The van der Waals surface area contributed by atoms with Crippen molar-refractivity contribution in [3.8, 4) is 0 Å². The Morgan fingerprint density at radius 2 is 1.81 bits per heavy atom. The van der Waals surface area contributed by atoms with Crippen LogP contribution in [0, 0.1) is 20.8 Å². The van der Waals surface area contributed by atoms with E-state index in [0.29, 0.717) is 38.4 Å². The number of piperazine rings is 1. The van der Waals surface area contributed by atoms with Crippen molar-refractivity contribution in [3.05, 3.63) is 52.4 Å². The Labute approximate surface area is 202 Å². The maximum atomic E-state index is 12.6. The van der Waals surface area contributed by atoms with Gasteiger partial charge in [-0.05, 0) is 44.4 Å². The van der Waals surface area contributed by atoms with Crippen LogP contribution in [0.15, 0.2) is 34.0 Å². The minimum atomic E-state index is -3.41. The molecule has 10 heteroatoms. The molecule has 0 atom stereocenters. The summed E-state index contributed by atoms with van der Waals surface area (Å²) in [6.07, 6.45) is 1.39. The summed E-state index contributed by atoms with van der Waals surface area (Å²) in [4.78, 5) is 6.98. The van der Waals surface area contributed by atoms with Crippen molar-refractivity contribution in [3.63, 3.8) is 0 Å². The smallest absolute Gasteiger partial charge is 0.220 e. The molecule has 172 valence electrons. The zero-order chi connectivity index (χ0) is 21.7. The highest BCUT2D eigenvalue weighted by molar-refractivity contribution is 14.0. The van der Waals surface area contributed by atoms with Crippen LogP contribution >= 0.6 is 24.0 Å². The Balaban J connectivity index is 0.00000341. The minimum absolute atomic E-state index is 0. The molecule has 1 fully saturated rings. The molecule has 1 aromatic heterocycles. The lowest BCUT2D eigenvalue weighted by Crippen LogP contribution is -2.53. The zero-order valence-electron chi connectivity index (χ0n) is 18.6. The minimum Gasteiger partial charge on any atom is -0.364 e. The third kappa shape index (κ3) is 6.66. The number of guanidine groups is 1. The first-order valence-electron chi connectivity index (χ1n) is 10.3. The Kier molecular flexibility index (Phi) is 9.31. The summed E-state index contributed by atoms with van der Waals surface area (Å²) in [6, 6.07) is 5.95. The molecule has 0 amide bonds. The number of rotatable bonds is 6. The van der Waals surface area contributed by atoms with Crippen molar-refractivity contribution in [1.82, 2.24) is 19.7 Å². The SMILES string of the molecule is CCNC(=NCc1c(C)cc(C)cc1C)N1CCN(S(=O)(=O)Cc2ccon2)CC1.I. The van der Waals surface area contributed by atoms with Crippen molar-refractivity contribution < 1.29 is 12.9 Å². The van der Waals surface area contributed by atoms with E-state index in [2.05, 4.69) is 48.3 Å². The highest BCUT2D eigenvalue weighted by atomic mass is 127. The molecule has 1 aromatic carbocycles. The molecule has 8 nitrogen and oxygen atoms in total. The summed E-state index contributed by atoms with van der Waals surface area (Å²) in [5.41, 5.74) is 5.42. The summed E-state index contributed by atoms with van der Waals surface area (Å²) in [5.74, 6) is 0.689. The van der Waals surface area contributed by atoms with Crippen LogP contribution in [-0.4, -0.2) is 61.5 Å². The average Bonchev–Trinajstić information content (AvgIpc) is 3.18. The van der Waals surface area contributed by atoms with Gasteiger partial charge in [-0.15, -0.1) is 24.0 Å². The summed E-state index contributed by atoms with van der Waals surface area (Å²) in [7, 11) is -3.41. The van der Waals surface area contributed by atoms with Crippen LogP contribution in [-0.2, 0) is 22.3 Å². The van der Waals surface area contributed by atoms with Gasteiger partial charge >= 0.3 is 0 Å². The van der Waals surface area contributed by atoms with E-state index in [9.17, 15) is 8.42 Å². The summed E-state index contributed by atoms with van der Waals surface area (Å²) in [5, 5.41) is 7.06. The number of nitrogens with one attached hydrogen (secondary N) is 1. The van der Waals surface area contributed by atoms with Crippen molar-refractivity contribution in [2.24, 2.45) is 4.99 Å². The maximum Gasteiger partial charge on any atom is 0.220 e. The molecule has 0 saturated carbocycles. The first kappa shape index (κ1) is 25.6. The van der Waals surface area contributed by atoms with Crippen LogP contribution in [0.25, 0.3) is 0 Å². The van der Waals surface area contributed by atoms with Gasteiger partial charge in [-0.2, -0.15) is 4.31 Å². The topological polar surface area (TPSA) is 91.0 Å². The van der Waals surface area contributed by atoms with Gasteiger partial charge in [0.15, 0.2) is 5.96 Å². The van der Waals surface area contributed by atoms with Gasteiger partial charge in [0.2, 0.25) is 10.0 Å². The molecule has 0 bridgehead atoms. The van der Waals surface area contributed by atoms with Gasteiger partial charge in [0, 0.05) is 38.8 Å². The second-order valence-electron chi connectivity index (χ2n) is 7.68. The second kappa shape index (κ2) is 11.3. The molecule has 1 N–H and O–H groups in total. The number of hydrogen-bond acceptors (Lipinski definition) is 5. The fourth-order valence-electron chi connectivity index (χ4n) is 3.81. The van der Waals surface area contributed by atoms with Crippen molar-refractivity contribution in [1.29, 1.82) is 0 Å². The van der Waals surface area contributed by atoms with E-state index in [1.807, 2.05) is 6.92 Å². The molecule has 0 unspecified atom stereocenters. The highest BCUT2D eigenvalue weighted by Gasteiger charge is 2.29. The van der Waals surface area contributed by atoms with Crippen LogP contribution in [0.1, 0.15) is 34.9 Å². The monoisotopic (exact) mass is 561 g/mol. The number of hydrogen-bond donors (Lipinski definition) is 1. The second-order valence-corrected chi connectivity index (χ2v) is 9.65. The van der Waals surface area contributed by atoms with Gasteiger partial charge in [-0.1, -0.05) is 22.9 Å². The Morgan fingerprint density at radius 3 is 2.35 bits per heavy atom. The molecule has 1 aliphatic rings. The first-order valence-corrected chi connectivity index (χ1v) is 11.9. The Morgan fingerprint density at radius 1 is 1.16 bits per heavy atom. The van der Waals surface area contributed by atoms with Gasteiger partial charge in [0.05, 0.1) is 12.2 Å². The highest BCUT2D eigenvalue weighted by Crippen LogP contribution is 2.18.